The molecule has 0 radical (unpaired) electrons. The van der Waals surface area contributed by atoms with Crippen LogP contribution in [0.2, 0.25) is 0 Å². The minimum atomic E-state index is -1.57. The highest BCUT2D eigenvalue weighted by atomic mass is 32.2. The Morgan fingerprint density at radius 3 is 2.33 bits per heavy atom. The van der Waals surface area contributed by atoms with Gasteiger partial charge in [0.2, 0.25) is 0 Å². The monoisotopic (exact) mass is 268 g/mol. The van der Waals surface area contributed by atoms with Gasteiger partial charge in [-0.2, -0.15) is 5.26 Å². The molecule has 1 aromatic carbocycles. The number of hydrogen-bond donors (Lipinski definition) is 1. The van der Waals surface area contributed by atoms with E-state index in [0.717, 1.165) is 5.56 Å². The number of nitriles is 1. The second-order valence-electron chi connectivity index (χ2n) is 4.49. The third kappa shape index (κ3) is 3.90. The van der Waals surface area contributed by atoms with Crippen LogP contribution < -0.4 is 4.72 Å². The maximum atomic E-state index is 13.7. The van der Waals surface area contributed by atoms with E-state index in [2.05, 4.69) is 4.72 Å². The molecule has 1 aromatic rings. The third-order valence-corrected chi connectivity index (χ3v) is 3.73. The van der Waals surface area contributed by atoms with Crippen LogP contribution in [0.15, 0.2) is 29.2 Å². The molecular formula is C13H17FN2OS. The second kappa shape index (κ2) is 6.62. The summed E-state index contributed by atoms with van der Waals surface area (Å²) >= 11 is 0. The van der Waals surface area contributed by atoms with Crippen LogP contribution in [0.25, 0.3) is 0 Å². The molecule has 1 rings (SSSR count). The molecule has 3 nitrogen and oxygen atoms in total. The van der Waals surface area contributed by atoms with Gasteiger partial charge in [0.05, 0.1) is 11.0 Å². The average molecular weight is 268 g/mol. The van der Waals surface area contributed by atoms with Crippen molar-refractivity contribution < 1.29 is 8.60 Å². The van der Waals surface area contributed by atoms with E-state index in [9.17, 15) is 8.60 Å². The predicted octanol–water partition coefficient (Wildman–Crippen LogP) is 2.49. The maximum Gasteiger partial charge on any atom is 0.138 e. The molecule has 0 amide bonds. The molecule has 0 fully saturated rings. The van der Waals surface area contributed by atoms with Crippen LogP contribution >= 0.6 is 0 Å². The van der Waals surface area contributed by atoms with Gasteiger partial charge in [-0.1, -0.05) is 31.5 Å². The summed E-state index contributed by atoms with van der Waals surface area (Å²) in [4.78, 5) is 0.539. The molecule has 0 heterocycles. The van der Waals surface area contributed by atoms with E-state index in [1.165, 1.54) is 0 Å². The summed E-state index contributed by atoms with van der Waals surface area (Å²) in [6, 6.07) is 7.81. The molecule has 3 atom stereocenters. The van der Waals surface area contributed by atoms with Crippen LogP contribution in [0, 0.1) is 24.2 Å². The van der Waals surface area contributed by atoms with Gasteiger partial charge in [0.15, 0.2) is 0 Å². The molecule has 5 heteroatoms. The van der Waals surface area contributed by atoms with Crippen LogP contribution in [0.3, 0.4) is 0 Å². The zero-order valence-corrected chi connectivity index (χ0v) is 11.5. The Hall–Kier alpha value is -1.25. The largest absolute Gasteiger partial charge is 0.244 e. The van der Waals surface area contributed by atoms with Crippen molar-refractivity contribution in [3.8, 4) is 6.07 Å². The number of aryl methyl sites for hydroxylation is 1. The summed E-state index contributed by atoms with van der Waals surface area (Å²) < 4.78 is 28.2. The minimum Gasteiger partial charge on any atom is -0.244 e. The van der Waals surface area contributed by atoms with Gasteiger partial charge < -0.3 is 0 Å². The van der Waals surface area contributed by atoms with E-state index in [1.54, 1.807) is 26.0 Å². The van der Waals surface area contributed by atoms with Crippen molar-refractivity contribution in [2.75, 3.05) is 0 Å². The Morgan fingerprint density at radius 1 is 1.33 bits per heavy atom. The first-order valence-electron chi connectivity index (χ1n) is 5.74. The molecule has 18 heavy (non-hydrogen) atoms. The Bertz CT molecular complexity index is 453. The van der Waals surface area contributed by atoms with Crippen LogP contribution in [-0.4, -0.2) is 16.4 Å². The number of benzene rings is 1. The van der Waals surface area contributed by atoms with Crippen molar-refractivity contribution in [3.63, 3.8) is 0 Å². The number of hydrogen-bond acceptors (Lipinski definition) is 2. The third-order valence-electron chi connectivity index (χ3n) is 2.56. The van der Waals surface area contributed by atoms with Crippen LogP contribution in [0.4, 0.5) is 4.39 Å². The minimum absolute atomic E-state index is 0.294. The van der Waals surface area contributed by atoms with Gasteiger partial charge in [0, 0.05) is 0 Å². The summed E-state index contributed by atoms with van der Waals surface area (Å²) in [6.45, 7) is 5.30. The number of alkyl halides is 1. The summed E-state index contributed by atoms with van der Waals surface area (Å²) in [5.41, 5.74) is 1.05. The van der Waals surface area contributed by atoms with E-state index < -0.39 is 23.2 Å². The zero-order chi connectivity index (χ0) is 13.7. The summed E-state index contributed by atoms with van der Waals surface area (Å²) in [7, 11) is -1.57. The average Bonchev–Trinajstić information content (AvgIpc) is 2.35. The van der Waals surface area contributed by atoms with E-state index in [0.29, 0.717) is 4.90 Å². The molecule has 98 valence electrons. The highest BCUT2D eigenvalue weighted by Gasteiger charge is 2.25. The van der Waals surface area contributed by atoms with Gasteiger partial charge in [-0.3, -0.25) is 0 Å². The molecule has 1 N–H and O–H groups in total. The first kappa shape index (κ1) is 14.8. The standard InChI is InChI=1S/C13H17FN2OS/c1-9(2)13(14)12(8-15)16-18(17)11-6-4-10(3)5-7-11/h4-7,9,12-13,16H,1-3H3/t12-,13-,18?/m0/s1. The number of rotatable bonds is 5. The fraction of sp³-hybridized carbons (Fsp3) is 0.462. The van der Waals surface area contributed by atoms with Gasteiger partial charge in [-0.25, -0.2) is 13.3 Å². The Kier molecular flexibility index (Phi) is 5.45. The lowest BCUT2D eigenvalue weighted by molar-refractivity contribution is 0.230. The van der Waals surface area contributed by atoms with E-state index >= 15 is 0 Å². The number of nitrogens with zero attached hydrogens (tertiary/aromatic N) is 1. The molecule has 1 unspecified atom stereocenters. The van der Waals surface area contributed by atoms with Crippen LogP contribution in [0.1, 0.15) is 19.4 Å². The van der Waals surface area contributed by atoms with Gasteiger partial charge in [-0.05, 0) is 25.0 Å². The van der Waals surface area contributed by atoms with Crippen molar-refractivity contribution in [2.45, 2.75) is 37.9 Å². The normalized spacial score (nSPS) is 16.0. The van der Waals surface area contributed by atoms with Gasteiger partial charge in [0.25, 0.3) is 0 Å². The van der Waals surface area contributed by atoms with Crippen LogP contribution in [0.5, 0.6) is 0 Å². The zero-order valence-electron chi connectivity index (χ0n) is 10.7. The lowest BCUT2D eigenvalue weighted by atomic mass is 10.0. The summed E-state index contributed by atoms with van der Waals surface area (Å²) in [6.07, 6.45) is -1.34. The van der Waals surface area contributed by atoms with E-state index in [1.807, 2.05) is 25.1 Å². The van der Waals surface area contributed by atoms with Gasteiger partial charge in [0.1, 0.15) is 23.2 Å². The highest BCUT2D eigenvalue weighted by molar-refractivity contribution is 7.83. The molecule has 0 aromatic heterocycles. The fourth-order valence-corrected chi connectivity index (χ4v) is 2.33. The first-order valence-corrected chi connectivity index (χ1v) is 6.89. The smallest absolute Gasteiger partial charge is 0.138 e. The quantitative estimate of drug-likeness (QED) is 0.892. The van der Waals surface area contributed by atoms with Gasteiger partial charge >= 0.3 is 0 Å². The van der Waals surface area contributed by atoms with Crippen molar-refractivity contribution >= 4 is 11.0 Å². The lowest BCUT2D eigenvalue weighted by Crippen LogP contribution is -2.40. The number of halogens is 1. The topological polar surface area (TPSA) is 52.9 Å². The van der Waals surface area contributed by atoms with Crippen molar-refractivity contribution in [3.05, 3.63) is 29.8 Å². The van der Waals surface area contributed by atoms with E-state index in [-0.39, 0.29) is 5.92 Å². The van der Waals surface area contributed by atoms with Gasteiger partial charge in [-0.15, -0.1) is 0 Å². The summed E-state index contributed by atoms with van der Waals surface area (Å²) in [5, 5.41) is 8.90. The Labute approximate surface area is 110 Å². The molecular weight excluding hydrogens is 251 g/mol. The molecule has 0 spiro atoms. The van der Waals surface area contributed by atoms with E-state index in [4.69, 9.17) is 5.26 Å². The Balaban J connectivity index is 2.74. The molecule has 0 bridgehead atoms. The first-order chi connectivity index (χ1) is 8.45. The predicted molar refractivity (Wildman–Crippen MR) is 69.9 cm³/mol. The SMILES string of the molecule is Cc1ccc(S(=O)N[C@@H](C#N)[C@@H](F)C(C)C)cc1. The maximum absolute atomic E-state index is 13.7. The second-order valence-corrected chi connectivity index (χ2v) is 5.74. The molecule has 0 saturated heterocycles. The van der Waals surface area contributed by atoms with Crippen molar-refractivity contribution in [1.82, 2.24) is 4.72 Å². The highest BCUT2D eigenvalue weighted by Crippen LogP contribution is 2.13. The molecule has 0 aliphatic heterocycles. The Morgan fingerprint density at radius 2 is 1.89 bits per heavy atom. The lowest BCUT2D eigenvalue weighted by Gasteiger charge is -2.18. The van der Waals surface area contributed by atoms with Crippen LogP contribution in [-0.2, 0) is 11.0 Å². The van der Waals surface area contributed by atoms with Crippen molar-refractivity contribution in [2.24, 2.45) is 5.92 Å². The molecule has 0 aliphatic carbocycles. The molecule has 0 aliphatic rings. The molecule has 0 saturated carbocycles. The number of nitrogens with one attached hydrogen (secondary N) is 1. The van der Waals surface area contributed by atoms with Crippen molar-refractivity contribution in [1.29, 1.82) is 5.26 Å². The fourth-order valence-electron chi connectivity index (χ4n) is 1.39. The summed E-state index contributed by atoms with van der Waals surface area (Å²) in [5.74, 6) is -0.294.